The van der Waals surface area contributed by atoms with E-state index in [1.165, 1.54) is 24.3 Å². The van der Waals surface area contributed by atoms with Gasteiger partial charge in [0.1, 0.15) is 5.82 Å². The summed E-state index contributed by atoms with van der Waals surface area (Å²) in [7, 11) is 1.57. The maximum absolute atomic E-state index is 12.7. The Bertz CT molecular complexity index is 370. The number of hydrogen-bond donors (Lipinski definition) is 2. The Labute approximate surface area is 106 Å². The highest BCUT2D eigenvalue weighted by molar-refractivity contribution is 5.89. The SMILES string of the molecule is COCCN(CCN)C(=O)Nc1ccc(F)cc1. The van der Waals surface area contributed by atoms with Crippen LogP contribution in [0.3, 0.4) is 0 Å². The van der Waals surface area contributed by atoms with Crippen molar-refractivity contribution in [3.05, 3.63) is 30.1 Å². The third-order valence-electron chi connectivity index (χ3n) is 2.35. The molecule has 0 fully saturated rings. The van der Waals surface area contributed by atoms with E-state index >= 15 is 0 Å². The summed E-state index contributed by atoms with van der Waals surface area (Å²) < 4.78 is 17.6. The Kier molecular flexibility index (Phi) is 6.10. The third-order valence-corrected chi connectivity index (χ3v) is 2.35. The van der Waals surface area contributed by atoms with E-state index < -0.39 is 0 Å². The first-order valence-corrected chi connectivity index (χ1v) is 5.68. The van der Waals surface area contributed by atoms with Gasteiger partial charge in [-0.05, 0) is 24.3 Å². The smallest absolute Gasteiger partial charge is 0.321 e. The number of methoxy groups -OCH3 is 1. The van der Waals surface area contributed by atoms with Gasteiger partial charge in [0.2, 0.25) is 0 Å². The van der Waals surface area contributed by atoms with E-state index in [9.17, 15) is 9.18 Å². The fraction of sp³-hybridized carbons (Fsp3) is 0.417. The molecule has 0 spiro atoms. The molecule has 0 saturated carbocycles. The minimum Gasteiger partial charge on any atom is -0.383 e. The van der Waals surface area contributed by atoms with Crippen LogP contribution < -0.4 is 11.1 Å². The number of ether oxygens (including phenoxy) is 1. The van der Waals surface area contributed by atoms with Crippen molar-refractivity contribution >= 4 is 11.7 Å². The van der Waals surface area contributed by atoms with Gasteiger partial charge in [-0.25, -0.2) is 9.18 Å². The molecule has 0 unspecified atom stereocenters. The van der Waals surface area contributed by atoms with Crippen molar-refractivity contribution in [1.82, 2.24) is 4.90 Å². The molecular weight excluding hydrogens is 237 g/mol. The number of rotatable bonds is 6. The van der Waals surface area contributed by atoms with Crippen molar-refractivity contribution in [3.8, 4) is 0 Å². The molecule has 1 rings (SSSR count). The maximum Gasteiger partial charge on any atom is 0.321 e. The molecular formula is C12H18FN3O2. The van der Waals surface area contributed by atoms with Crippen LogP contribution >= 0.6 is 0 Å². The molecule has 0 heterocycles. The van der Waals surface area contributed by atoms with Crippen LogP contribution in [0.5, 0.6) is 0 Å². The zero-order valence-electron chi connectivity index (χ0n) is 10.4. The van der Waals surface area contributed by atoms with E-state index in [1.807, 2.05) is 0 Å². The quantitative estimate of drug-likeness (QED) is 0.804. The van der Waals surface area contributed by atoms with Crippen LogP contribution in [0, 0.1) is 5.82 Å². The number of amides is 2. The standard InChI is InChI=1S/C12H18FN3O2/c1-18-9-8-16(7-6-14)12(17)15-11-4-2-10(13)3-5-11/h2-5H,6-9,14H2,1H3,(H,15,17). The summed E-state index contributed by atoms with van der Waals surface area (Å²) in [6.45, 7) is 1.72. The van der Waals surface area contributed by atoms with Gasteiger partial charge in [-0.2, -0.15) is 0 Å². The summed E-state index contributed by atoms with van der Waals surface area (Å²) in [5.41, 5.74) is 5.98. The molecule has 5 nitrogen and oxygen atoms in total. The van der Waals surface area contributed by atoms with E-state index in [4.69, 9.17) is 10.5 Å². The Morgan fingerprint density at radius 2 is 2.06 bits per heavy atom. The molecule has 0 aliphatic heterocycles. The van der Waals surface area contributed by atoms with Crippen LogP contribution in [0.25, 0.3) is 0 Å². The fourth-order valence-corrected chi connectivity index (χ4v) is 1.41. The zero-order valence-corrected chi connectivity index (χ0v) is 10.4. The summed E-state index contributed by atoms with van der Waals surface area (Å²) >= 11 is 0. The number of benzene rings is 1. The van der Waals surface area contributed by atoms with Gasteiger partial charge >= 0.3 is 6.03 Å². The Hall–Kier alpha value is -1.66. The lowest BCUT2D eigenvalue weighted by atomic mass is 10.3. The molecule has 0 bridgehead atoms. The van der Waals surface area contributed by atoms with Crippen molar-refractivity contribution < 1.29 is 13.9 Å². The predicted molar refractivity (Wildman–Crippen MR) is 67.9 cm³/mol. The molecule has 0 aromatic heterocycles. The maximum atomic E-state index is 12.7. The van der Waals surface area contributed by atoms with E-state index in [-0.39, 0.29) is 11.8 Å². The molecule has 1 aromatic carbocycles. The summed E-state index contributed by atoms with van der Waals surface area (Å²) in [4.78, 5) is 13.5. The van der Waals surface area contributed by atoms with Crippen LogP contribution in [0.2, 0.25) is 0 Å². The van der Waals surface area contributed by atoms with Crippen molar-refractivity contribution in [2.45, 2.75) is 0 Å². The highest BCUT2D eigenvalue weighted by Gasteiger charge is 2.12. The average molecular weight is 255 g/mol. The highest BCUT2D eigenvalue weighted by Crippen LogP contribution is 2.09. The highest BCUT2D eigenvalue weighted by atomic mass is 19.1. The Morgan fingerprint density at radius 1 is 1.39 bits per heavy atom. The first-order valence-electron chi connectivity index (χ1n) is 5.68. The van der Waals surface area contributed by atoms with Crippen molar-refractivity contribution in [1.29, 1.82) is 0 Å². The third kappa shape index (κ3) is 4.68. The van der Waals surface area contributed by atoms with E-state index in [2.05, 4.69) is 5.32 Å². The summed E-state index contributed by atoms with van der Waals surface area (Å²) in [6, 6.07) is 5.31. The minimum atomic E-state index is -0.341. The largest absolute Gasteiger partial charge is 0.383 e. The molecule has 3 N–H and O–H groups in total. The van der Waals surface area contributed by atoms with Gasteiger partial charge in [0.15, 0.2) is 0 Å². The molecule has 1 aromatic rings. The van der Waals surface area contributed by atoms with Gasteiger partial charge in [0, 0.05) is 32.4 Å². The normalized spacial score (nSPS) is 10.2. The molecule has 0 aliphatic rings. The Morgan fingerprint density at radius 3 is 2.61 bits per heavy atom. The second kappa shape index (κ2) is 7.62. The molecule has 2 amide bonds. The van der Waals surface area contributed by atoms with Crippen LogP contribution in [0.1, 0.15) is 0 Å². The summed E-state index contributed by atoms with van der Waals surface area (Å²) in [5.74, 6) is -0.341. The number of carbonyl (C=O) groups excluding carboxylic acids is 1. The number of halogens is 1. The van der Waals surface area contributed by atoms with E-state index in [1.54, 1.807) is 12.0 Å². The van der Waals surface area contributed by atoms with Crippen molar-refractivity contribution in [3.63, 3.8) is 0 Å². The predicted octanol–water partition coefficient (Wildman–Crippen LogP) is 1.26. The first kappa shape index (κ1) is 14.4. The van der Waals surface area contributed by atoms with Crippen LogP contribution in [0.15, 0.2) is 24.3 Å². The molecule has 0 saturated heterocycles. The number of hydrogen-bond acceptors (Lipinski definition) is 3. The van der Waals surface area contributed by atoms with Crippen molar-refractivity contribution in [2.75, 3.05) is 38.7 Å². The average Bonchev–Trinajstić information content (AvgIpc) is 2.37. The molecule has 0 aliphatic carbocycles. The van der Waals surface area contributed by atoms with E-state index in [0.717, 1.165) is 0 Å². The Balaban J connectivity index is 2.57. The second-order valence-corrected chi connectivity index (χ2v) is 3.71. The molecule has 0 atom stereocenters. The zero-order chi connectivity index (χ0) is 13.4. The monoisotopic (exact) mass is 255 g/mol. The van der Waals surface area contributed by atoms with Crippen LogP contribution in [-0.4, -0.2) is 44.3 Å². The van der Waals surface area contributed by atoms with Gasteiger partial charge in [0.05, 0.1) is 6.61 Å². The number of urea groups is 1. The van der Waals surface area contributed by atoms with Gasteiger partial charge in [-0.3, -0.25) is 0 Å². The van der Waals surface area contributed by atoms with Gasteiger partial charge in [-0.15, -0.1) is 0 Å². The molecule has 100 valence electrons. The van der Waals surface area contributed by atoms with Crippen LogP contribution in [-0.2, 0) is 4.74 Å². The fourth-order valence-electron chi connectivity index (χ4n) is 1.41. The lowest BCUT2D eigenvalue weighted by molar-refractivity contribution is 0.156. The van der Waals surface area contributed by atoms with E-state index in [0.29, 0.717) is 31.9 Å². The summed E-state index contributed by atoms with van der Waals surface area (Å²) in [6.07, 6.45) is 0. The lowest BCUT2D eigenvalue weighted by Gasteiger charge is -2.22. The molecule has 18 heavy (non-hydrogen) atoms. The van der Waals surface area contributed by atoms with Gasteiger partial charge in [0.25, 0.3) is 0 Å². The number of nitrogens with zero attached hydrogens (tertiary/aromatic N) is 1. The lowest BCUT2D eigenvalue weighted by Crippen LogP contribution is -2.40. The number of anilines is 1. The molecule has 0 radical (unpaired) electrons. The second-order valence-electron chi connectivity index (χ2n) is 3.71. The van der Waals surface area contributed by atoms with Crippen molar-refractivity contribution in [2.24, 2.45) is 5.73 Å². The minimum absolute atomic E-state index is 0.274. The first-order chi connectivity index (χ1) is 8.67. The summed E-state index contributed by atoms with van der Waals surface area (Å²) in [5, 5.41) is 2.67. The molecule has 6 heteroatoms. The number of nitrogens with two attached hydrogens (primary N) is 1. The number of nitrogens with one attached hydrogen (secondary N) is 1. The van der Waals surface area contributed by atoms with Gasteiger partial charge in [-0.1, -0.05) is 0 Å². The topological polar surface area (TPSA) is 67.6 Å². The number of carbonyl (C=O) groups is 1. The van der Waals surface area contributed by atoms with Gasteiger partial charge < -0.3 is 20.7 Å². The van der Waals surface area contributed by atoms with Crippen LogP contribution in [0.4, 0.5) is 14.9 Å².